The zero-order chi connectivity index (χ0) is 16.5. The van der Waals surface area contributed by atoms with Crippen molar-refractivity contribution >= 4 is 5.57 Å². The number of pyridine rings is 2. The van der Waals surface area contributed by atoms with Gasteiger partial charge in [0.15, 0.2) is 0 Å². The Morgan fingerprint density at radius 1 is 1.22 bits per heavy atom. The lowest BCUT2D eigenvalue weighted by Crippen LogP contribution is -2.35. The van der Waals surface area contributed by atoms with E-state index in [4.69, 9.17) is 0 Å². The predicted molar refractivity (Wildman–Crippen MR) is 97.7 cm³/mol. The third kappa shape index (κ3) is 4.49. The van der Waals surface area contributed by atoms with Crippen LogP contribution in [0.15, 0.2) is 73.5 Å². The number of nitrogens with zero attached hydrogens (tertiary/aromatic N) is 2. The van der Waals surface area contributed by atoms with E-state index in [1.165, 1.54) is 12.8 Å². The molecular formula is C21H25N2+. The number of aromatic nitrogens is 2. The maximum Gasteiger partial charge on any atom is 0.231 e. The highest BCUT2D eigenvalue weighted by molar-refractivity contribution is 5.71. The van der Waals surface area contributed by atoms with E-state index >= 15 is 0 Å². The average Bonchev–Trinajstić information content (AvgIpc) is 2.60. The van der Waals surface area contributed by atoms with Gasteiger partial charge in [-0.1, -0.05) is 50.6 Å². The summed E-state index contributed by atoms with van der Waals surface area (Å²) >= 11 is 0. The molecule has 0 saturated heterocycles. The molecule has 2 rings (SSSR count). The average molecular weight is 305 g/mol. The highest BCUT2D eigenvalue weighted by atomic mass is 15.0. The van der Waals surface area contributed by atoms with Crippen LogP contribution in [-0.4, -0.2) is 4.98 Å². The van der Waals surface area contributed by atoms with Crippen molar-refractivity contribution in [1.29, 1.82) is 0 Å². The molecule has 0 aliphatic carbocycles. The minimum atomic E-state index is 0.971. The predicted octanol–water partition coefficient (Wildman–Crippen LogP) is 4.89. The van der Waals surface area contributed by atoms with Crippen LogP contribution in [0.1, 0.15) is 31.9 Å². The Morgan fingerprint density at radius 3 is 2.78 bits per heavy atom. The molecule has 0 unspecified atom stereocenters. The van der Waals surface area contributed by atoms with Gasteiger partial charge in [-0.15, -0.1) is 0 Å². The lowest BCUT2D eigenvalue weighted by molar-refractivity contribution is -0.662. The first-order chi connectivity index (χ1) is 11.3. The van der Waals surface area contributed by atoms with Gasteiger partial charge in [-0.2, -0.15) is 4.57 Å². The second kappa shape index (κ2) is 8.84. The molecule has 2 aromatic heterocycles. The van der Waals surface area contributed by atoms with Crippen LogP contribution in [0.5, 0.6) is 0 Å². The van der Waals surface area contributed by atoms with Crippen molar-refractivity contribution in [2.24, 2.45) is 7.05 Å². The van der Waals surface area contributed by atoms with Crippen LogP contribution in [0, 0.1) is 0 Å². The first-order valence-electron chi connectivity index (χ1n) is 8.18. The summed E-state index contributed by atoms with van der Waals surface area (Å²) in [4.78, 5) is 4.45. The third-order valence-corrected chi connectivity index (χ3v) is 3.81. The second-order valence-corrected chi connectivity index (χ2v) is 5.47. The van der Waals surface area contributed by atoms with Crippen molar-refractivity contribution in [3.8, 4) is 11.4 Å². The maximum atomic E-state index is 4.45. The molecule has 118 valence electrons. The minimum Gasteiger partial charge on any atom is -0.250 e. The lowest BCUT2D eigenvalue weighted by Gasteiger charge is -2.05. The summed E-state index contributed by atoms with van der Waals surface area (Å²) in [6.07, 6.45) is 13.8. The molecule has 0 aliphatic heterocycles. The monoisotopic (exact) mass is 305 g/mol. The van der Waals surface area contributed by atoms with E-state index in [2.05, 4.69) is 66.5 Å². The largest absolute Gasteiger partial charge is 0.250 e. The fourth-order valence-electron chi connectivity index (χ4n) is 2.49. The number of unbranched alkanes of at least 4 members (excludes halogenated alkanes) is 2. The Hall–Kier alpha value is -2.48. The van der Waals surface area contributed by atoms with Crippen molar-refractivity contribution in [2.75, 3.05) is 0 Å². The molecule has 23 heavy (non-hydrogen) atoms. The molecule has 0 fully saturated rings. The van der Waals surface area contributed by atoms with Crippen LogP contribution in [-0.2, 0) is 7.05 Å². The van der Waals surface area contributed by atoms with Gasteiger partial charge in [0.1, 0.15) is 12.7 Å². The standard InChI is InChI=1S/C21H25N2/c1-4-6-7-8-9-13-18(5-2)20-15-12-16-21(23(20)3)19-14-10-11-17-22-19/h5,8-17H,2,4,6-7H2,1,3H3/q+1. The quantitative estimate of drug-likeness (QED) is 0.404. The van der Waals surface area contributed by atoms with E-state index < -0.39 is 0 Å². The van der Waals surface area contributed by atoms with Crippen LogP contribution < -0.4 is 4.57 Å². The van der Waals surface area contributed by atoms with Crippen LogP contribution >= 0.6 is 0 Å². The minimum absolute atomic E-state index is 0.971. The van der Waals surface area contributed by atoms with Crippen molar-refractivity contribution in [2.45, 2.75) is 26.2 Å². The molecule has 2 nitrogen and oxygen atoms in total. The van der Waals surface area contributed by atoms with Crippen molar-refractivity contribution in [3.63, 3.8) is 0 Å². The van der Waals surface area contributed by atoms with Crippen molar-refractivity contribution < 1.29 is 4.57 Å². The SMILES string of the molecule is C=CC(=CC=CCCCC)c1cccc(-c2ccccn2)[n+]1C. The summed E-state index contributed by atoms with van der Waals surface area (Å²) in [6, 6.07) is 12.2. The number of rotatable bonds is 7. The second-order valence-electron chi connectivity index (χ2n) is 5.47. The van der Waals surface area contributed by atoms with E-state index in [1.54, 1.807) is 0 Å². The fraction of sp³-hybridized carbons (Fsp3) is 0.238. The first kappa shape index (κ1) is 16.9. The Morgan fingerprint density at radius 2 is 2.09 bits per heavy atom. The molecule has 2 aromatic rings. The summed E-state index contributed by atoms with van der Waals surface area (Å²) < 4.78 is 2.16. The number of allylic oxidation sites excluding steroid dienone is 5. The summed E-state index contributed by atoms with van der Waals surface area (Å²) in [7, 11) is 2.07. The van der Waals surface area contributed by atoms with Gasteiger partial charge >= 0.3 is 0 Å². The van der Waals surface area contributed by atoms with Gasteiger partial charge in [0, 0.05) is 23.9 Å². The summed E-state index contributed by atoms with van der Waals surface area (Å²) in [5.41, 5.74) is 4.30. The van der Waals surface area contributed by atoms with Gasteiger partial charge in [0.05, 0.1) is 0 Å². The van der Waals surface area contributed by atoms with E-state index in [0.717, 1.165) is 29.1 Å². The zero-order valence-corrected chi connectivity index (χ0v) is 14.1. The summed E-state index contributed by atoms with van der Waals surface area (Å²) in [5.74, 6) is 0. The van der Waals surface area contributed by atoms with Crippen LogP contribution in [0.25, 0.3) is 17.0 Å². The van der Waals surface area contributed by atoms with Gasteiger partial charge in [-0.05, 0) is 30.7 Å². The first-order valence-corrected chi connectivity index (χ1v) is 8.18. The lowest BCUT2D eigenvalue weighted by atomic mass is 10.1. The number of hydrogen-bond acceptors (Lipinski definition) is 1. The molecule has 0 N–H and O–H groups in total. The summed E-state index contributed by atoms with van der Waals surface area (Å²) in [6.45, 7) is 6.18. The Bertz CT molecular complexity index is 697. The maximum absolute atomic E-state index is 4.45. The van der Waals surface area contributed by atoms with E-state index in [-0.39, 0.29) is 0 Å². The number of hydrogen-bond donors (Lipinski definition) is 0. The Balaban J connectivity index is 2.33. The fourth-order valence-corrected chi connectivity index (χ4v) is 2.49. The normalized spacial score (nSPS) is 11.8. The highest BCUT2D eigenvalue weighted by Gasteiger charge is 2.16. The molecule has 2 heterocycles. The van der Waals surface area contributed by atoms with Crippen molar-refractivity contribution in [1.82, 2.24) is 4.98 Å². The Labute approximate surface area is 139 Å². The molecule has 0 aliphatic rings. The molecule has 0 atom stereocenters. The van der Waals surface area contributed by atoms with Crippen molar-refractivity contribution in [3.05, 3.63) is 79.2 Å². The molecule has 0 bridgehead atoms. The van der Waals surface area contributed by atoms with Crippen LogP contribution in [0.4, 0.5) is 0 Å². The third-order valence-electron chi connectivity index (χ3n) is 3.81. The molecule has 2 heteroatoms. The topological polar surface area (TPSA) is 16.8 Å². The molecule has 0 amide bonds. The van der Waals surface area contributed by atoms with Gasteiger partial charge in [-0.3, -0.25) is 0 Å². The van der Waals surface area contributed by atoms with Crippen LogP contribution in [0.2, 0.25) is 0 Å². The highest BCUT2D eigenvalue weighted by Crippen LogP contribution is 2.17. The van der Waals surface area contributed by atoms with Gasteiger partial charge < -0.3 is 0 Å². The van der Waals surface area contributed by atoms with Crippen LogP contribution in [0.3, 0.4) is 0 Å². The van der Waals surface area contributed by atoms with Gasteiger partial charge in [-0.25, -0.2) is 4.98 Å². The smallest absolute Gasteiger partial charge is 0.231 e. The van der Waals surface area contributed by atoms with Gasteiger partial charge in [0.25, 0.3) is 0 Å². The molecular weight excluding hydrogens is 280 g/mol. The summed E-state index contributed by atoms with van der Waals surface area (Å²) in [5, 5.41) is 0. The van der Waals surface area contributed by atoms with E-state index in [1.807, 2.05) is 30.5 Å². The Kier molecular flexibility index (Phi) is 6.49. The molecule has 0 saturated carbocycles. The van der Waals surface area contributed by atoms with E-state index in [9.17, 15) is 0 Å². The molecule has 0 radical (unpaired) electrons. The molecule has 0 aromatic carbocycles. The zero-order valence-electron chi connectivity index (χ0n) is 14.1. The van der Waals surface area contributed by atoms with Gasteiger partial charge in [0.2, 0.25) is 11.4 Å². The van der Waals surface area contributed by atoms with E-state index in [0.29, 0.717) is 0 Å². The molecule has 0 spiro atoms.